The van der Waals surface area contributed by atoms with E-state index in [-0.39, 0.29) is 5.91 Å². The summed E-state index contributed by atoms with van der Waals surface area (Å²) in [5.74, 6) is 0.495. The van der Waals surface area contributed by atoms with Crippen molar-refractivity contribution in [2.24, 2.45) is 0 Å². The molecule has 1 aromatic heterocycles. The standard InChI is InChI=1S/C28H34N4O2Si/c1-5-26(33)32(25-17-11-15-22(27(25)29)21-12-7-6-8-13-21)28-23-14-9-10-16-24(23)31(30-28)20-34-18-19-35(2,3)4/h6-17H,5,18-20,29H2,1-4H3. The van der Waals surface area contributed by atoms with Gasteiger partial charge in [0.1, 0.15) is 6.73 Å². The molecule has 35 heavy (non-hydrogen) atoms. The second-order valence-electron chi connectivity index (χ2n) is 9.88. The first-order valence-electron chi connectivity index (χ1n) is 12.1. The smallest absolute Gasteiger partial charge is 0.232 e. The summed E-state index contributed by atoms with van der Waals surface area (Å²) in [6, 6.07) is 24.8. The van der Waals surface area contributed by atoms with Crippen LogP contribution in [0.15, 0.2) is 72.8 Å². The van der Waals surface area contributed by atoms with E-state index in [0.717, 1.165) is 28.1 Å². The quantitative estimate of drug-likeness (QED) is 0.163. The van der Waals surface area contributed by atoms with Crippen LogP contribution in [0.25, 0.3) is 22.0 Å². The number of carbonyl (C=O) groups excluding carboxylic acids is 1. The second-order valence-corrected chi connectivity index (χ2v) is 15.5. The average Bonchev–Trinajstić information content (AvgIpc) is 3.21. The first kappa shape index (κ1) is 24.7. The number of aromatic nitrogens is 2. The molecule has 7 heteroatoms. The summed E-state index contributed by atoms with van der Waals surface area (Å²) in [5.41, 5.74) is 10.7. The normalized spacial score (nSPS) is 11.7. The number of hydrogen-bond donors (Lipinski definition) is 1. The van der Waals surface area contributed by atoms with Crippen LogP contribution in [-0.2, 0) is 16.3 Å². The largest absolute Gasteiger partial charge is 0.397 e. The number of nitrogens with two attached hydrogens (primary N) is 1. The Morgan fingerprint density at radius 1 is 1.00 bits per heavy atom. The van der Waals surface area contributed by atoms with Gasteiger partial charge in [0.05, 0.1) is 16.9 Å². The lowest BCUT2D eigenvalue weighted by Gasteiger charge is -2.23. The van der Waals surface area contributed by atoms with E-state index in [0.29, 0.717) is 37.0 Å². The van der Waals surface area contributed by atoms with E-state index in [1.54, 1.807) is 4.90 Å². The van der Waals surface area contributed by atoms with Gasteiger partial charge in [0.2, 0.25) is 5.91 Å². The van der Waals surface area contributed by atoms with Crippen molar-refractivity contribution in [1.82, 2.24) is 9.78 Å². The number of ether oxygens (including phenoxy) is 1. The number of carbonyl (C=O) groups is 1. The van der Waals surface area contributed by atoms with E-state index in [1.807, 2.05) is 84.4 Å². The number of anilines is 3. The molecule has 1 heterocycles. The first-order valence-corrected chi connectivity index (χ1v) is 15.8. The minimum Gasteiger partial charge on any atom is -0.397 e. The van der Waals surface area contributed by atoms with Crippen molar-refractivity contribution in [3.8, 4) is 11.1 Å². The molecule has 0 aliphatic heterocycles. The van der Waals surface area contributed by atoms with Crippen molar-refractivity contribution < 1.29 is 9.53 Å². The lowest BCUT2D eigenvalue weighted by molar-refractivity contribution is -0.117. The Morgan fingerprint density at radius 3 is 2.43 bits per heavy atom. The molecule has 0 bridgehead atoms. The molecule has 6 nitrogen and oxygen atoms in total. The molecule has 182 valence electrons. The van der Waals surface area contributed by atoms with Crippen molar-refractivity contribution in [3.05, 3.63) is 72.8 Å². The third-order valence-electron chi connectivity index (χ3n) is 6.02. The highest BCUT2D eigenvalue weighted by Gasteiger charge is 2.26. The summed E-state index contributed by atoms with van der Waals surface area (Å²) < 4.78 is 7.83. The van der Waals surface area contributed by atoms with Crippen molar-refractivity contribution in [1.29, 1.82) is 0 Å². The number of nitrogen functional groups attached to an aromatic ring is 1. The van der Waals surface area contributed by atoms with Crippen LogP contribution in [0.2, 0.25) is 25.7 Å². The predicted octanol–water partition coefficient (Wildman–Crippen LogP) is 6.67. The SMILES string of the molecule is CCC(=O)N(c1cccc(-c2ccccc2)c1N)c1nn(COCC[Si](C)(C)C)c2ccccc12. The Balaban J connectivity index is 1.77. The predicted molar refractivity (Wildman–Crippen MR) is 148 cm³/mol. The zero-order valence-corrected chi connectivity index (χ0v) is 22.0. The van der Waals surface area contributed by atoms with Gasteiger partial charge in [-0.05, 0) is 29.8 Å². The van der Waals surface area contributed by atoms with Gasteiger partial charge in [-0.2, -0.15) is 5.10 Å². The molecule has 0 spiro atoms. The van der Waals surface area contributed by atoms with E-state index in [2.05, 4.69) is 19.6 Å². The summed E-state index contributed by atoms with van der Waals surface area (Å²) in [5, 5.41) is 5.75. The summed E-state index contributed by atoms with van der Waals surface area (Å²) in [6.45, 7) is 9.88. The Morgan fingerprint density at radius 2 is 1.71 bits per heavy atom. The highest BCUT2D eigenvalue weighted by atomic mass is 28.3. The molecule has 3 aromatic carbocycles. The minimum absolute atomic E-state index is 0.0723. The lowest BCUT2D eigenvalue weighted by Crippen LogP contribution is -2.27. The van der Waals surface area contributed by atoms with Crippen molar-refractivity contribution in [2.75, 3.05) is 17.2 Å². The van der Waals surface area contributed by atoms with Crippen LogP contribution in [-0.4, -0.2) is 30.4 Å². The average molecular weight is 487 g/mol. The number of rotatable bonds is 9. The maximum absolute atomic E-state index is 13.3. The number of para-hydroxylation sites is 2. The van der Waals surface area contributed by atoms with Crippen molar-refractivity contribution in [3.63, 3.8) is 0 Å². The maximum atomic E-state index is 13.3. The van der Waals surface area contributed by atoms with Crippen LogP contribution < -0.4 is 10.6 Å². The zero-order valence-electron chi connectivity index (χ0n) is 21.0. The van der Waals surface area contributed by atoms with E-state index in [4.69, 9.17) is 15.6 Å². The monoisotopic (exact) mass is 486 g/mol. The van der Waals surface area contributed by atoms with Gasteiger partial charge < -0.3 is 10.5 Å². The number of hydrogen-bond acceptors (Lipinski definition) is 4. The van der Waals surface area contributed by atoms with Gasteiger partial charge in [0, 0.05) is 32.1 Å². The molecule has 0 saturated heterocycles. The molecule has 0 aliphatic carbocycles. The van der Waals surface area contributed by atoms with Crippen LogP contribution in [0.3, 0.4) is 0 Å². The molecule has 0 atom stereocenters. The van der Waals surface area contributed by atoms with E-state index < -0.39 is 8.07 Å². The fraction of sp³-hybridized carbons (Fsp3) is 0.286. The molecule has 0 fully saturated rings. The van der Waals surface area contributed by atoms with Crippen molar-refractivity contribution in [2.45, 2.75) is 45.8 Å². The van der Waals surface area contributed by atoms with Gasteiger partial charge in [-0.15, -0.1) is 0 Å². The summed E-state index contributed by atoms with van der Waals surface area (Å²) in [7, 11) is -1.19. The van der Waals surface area contributed by atoms with Gasteiger partial charge in [-0.3, -0.25) is 9.69 Å². The molecule has 0 saturated carbocycles. The Bertz CT molecular complexity index is 1310. The van der Waals surface area contributed by atoms with Crippen LogP contribution >= 0.6 is 0 Å². The number of amides is 1. The van der Waals surface area contributed by atoms with Crippen LogP contribution in [0.5, 0.6) is 0 Å². The molecule has 1 amide bonds. The van der Waals surface area contributed by atoms with Gasteiger partial charge in [-0.1, -0.05) is 81.2 Å². The fourth-order valence-electron chi connectivity index (χ4n) is 4.04. The third kappa shape index (κ3) is 5.47. The fourth-order valence-corrected chi connectivity index (χ4v) is 4.80. The Kier molecular flexibility index (Phi) is 7.38. The highest BCUT2D eigenvalue weighted by molar-refractivity contribution is 6.76. The summed E-state index contributed by atoms with van der Waals surface area (Å²) in [4.78, 5) is 15.0. The maximum Gasteiger partial charge on any atom is 0.232 e. The Labute approximate surface area is 208 Å². The summed E-state index contributed by atoms with van der Waals surface area (Å²) >= 11 is 0. The summed E-state index contributed by atoms with van der Waals surface area (Å²) in [6.07, 6.45) is 0.322. The Hall–Kier alpha value is -3.42. The molecular weight excluding hydrogens is 452 g/mol. The molecule has 0 radical (unpaired) electrons. The van der Waals surface area contributed by atoms with Crippen LogP contribution in [0.4, 0.5) is 17.2 Å². The van der Waals surface area contributed by atoms with Gasteiger partial charge in [-0.25, -0.2) is 4.68 Å². The van der Waals surface area contributed by atoms with Crippen LogP contribution in [0, 0.1) is 0 Å². The highest BCUT2D eigenvalue weighted by Crippen LogP contribution is 2.39. The van der Waals surface area contributed by atoms with Crippen LogP contribution in [0.1, 0.15) is 13.3 Å². The number of fused-ring (bicyclic) bond motifs is 1. The van der Waals surface area contributed by atoms with Gasteiger partial charge in [0.15, 0.2) is 5.82 Å². The van der Waals surface area contributed by atoms with E-state index in [9.17, 15) is 4.79 Å². The van der Waals surface area contributed by atoms with E-state index >= 15 is 0 Å². The second kappa shape index (κ2) is 10.5. The molecule has 4 aromatic rings. The molecular formula is C28H34N4O2Si. The van der Waals surface area contributed by atoms with E-state index in [1.165, 1.54) is 0 Å². The molecule has 4 rings (SSSR count). The third-order valence-corrected chi connectivity index (χ3v) is 7.73. The van der Waals surface area contributed by atoms with Gasteiger partial charge in [0.25, 0.3) is 0 Å². The first-order chi connectivity index (χ1) is 16.8. The zero-order chi connectivity index (χ0) is 25.0. The lowest BCUT2D eigenvalue weighted by atomic mass is 10.0. The number of benzene rings is 3. The minimum atomic E-state index is -1.19. The topological polar surface area (TPSA) is 73.4 Å². The van der Waals surface area contributed by atoms with Gasteiger partial charge >= 0.3 is 0 Å². The molecule has 0 aliphatic rings. The molecule has 0 unspecified atom stereocenters. The number of nitrogens with zero attached hydrogens (tertiary/aromatic N) is 3. The molecule has 2 N–H and O–H groups in total. The van der Waals surface area contributed by atoms with Crippen molar-refractivity contribution >= 4 is 42.1 Å².